The molecule has 2 N–H and O–H groups in total. The molecule has 2 atom stereocenters. The van der Waals surface area contributed by atoms with Gasteiger partial charge in [0.15, 0.2) is 0 Å². The number of ether oxygens (including phenoxy) is 1. The number of benzene rings is 2. The van der Waals surface area contributed by atoms with Crippen LogP contribution >= 0.6 is 0 Å². The summed E-state index contributed by atoms with van der Waals surface area (Å²) in [7, 11) is 1.70. The smallest absolute Gasteiger partial charge is 0.119 e. The number of fused-ring (bicyclic) bond motifs is 1. The minimum Gasteiger partial charge on any atom is -0.497 e. The van der Waals surface area contributed by atoms with E-state index in [-0.39, 0.29) is 6.04 Å². The van der Waals surface area contributed by atoms with Gasteiger partial charge in [-0.05, 0) is 58.7 Å². The molecule has 2 nitrogen and oxygen atoms in total. The predicted molar refractivity (Wildman–Crippen MR) is 88.6 cm³/mol. The molecule has 3 rings (SSSR count). The molecular weight excluding hydrogens is 258 g/mol. The van der Waals surface area contributed by atoms with Gasteiger partial charge in [0, 0.05) is 6.04 Å². The molecule has 1 saturated carbocycles. The highest BCUT2D eigenvalue weighted by Crippen LogP contribution is 2.48. The maximum absolute atomic E-state index is 6.60. The maximum Gasteiger partial charge on any atom is 0.119 e. The zero-order chi connectivity index (χ0) is 15.0. The minimum absolute atomic E-state index is 0.133. The molecule has 1 aliphatic rings. The lowest BCUT2D eigenvalue weighted by atomic mass is 9.75. The summed E-state index contributed by atoms with van der Waals surface area (Å²) in [5.74, 6) is 1.48. The van der Waals surface area contributed by atoms with Gasteiger partial charge in [-0.3, -0.25) is 0 Å². The van der Waals surface area contributed by atoms with Crippen molar-refractivity contribution in [2.75, 3.05) is 7.11 Å². The molecular formula is C19H25NO. The second-order valence-electron chi connectivity index (χ2n) is 6.99. The highest BCUT2D eigenvalue weighted by atomic mass is 16.5. The first-order chi connectivity index (χ1) is 10.0. The van der Waals surface area contributed by atoms with Crippen molar-refractivity contribution in [1.29, 1.82) is 0 Å². The Balaban J connectivity index is 1.93. The van der Waals surface area contributed by atoms with E-state index in [2.05, 4.69) is 44.2 Å². The molecule has 0 saturated heterocycles. The van der Waals surface area contributed by atoms with E-state index >= 15 is 0 Å². The van der Waals surface area contributed by atoms with Crippen LogP contribution in [0.4, 0.5) is 0 Å². The Morgan fingerprint density at radius 3 is 2.52 bits per heavy atom. The number of methoxy groups -OCH3 is 1. The summed E-state index contributed by atoms with van der Waals surface area (Å²) in [5.41, 5.74) is 8.21. The number of hydrogen-bond acceptors (Lipinski definition) is 2. The lowest BCUT2D eigenvalue weighted by Crippen LogP contribution is -2.29. The van der Waals surface area contributed by atoms with Crippen LogP contribution in [0, 0.1) is 11.3 Å². The zero-order valence-electron chi connectivity index (χ0n) is 13.2. The van der Waals surface area contributed by atoms with Crippen LogP contribution in [0.5, 0.6) is 5.75 Å². The van der Waals surface area contributed by atoms with Crippen LogP contribution in [-0.2, 0) is 0 Å². The first kappa shape index (κ1) is 14.4. The van der Waals surface area contributed by atoms with Crippen molar-refractivity contribution in [2.24, 2.45) is 17.1 Å². The van der Waals surface area contributed by atoms with Gasteiger partial charge in [0.1, 0.15) is 5.75 Å². The molecule has 2 aromatic rings. The average molecular weight is 283 g/mol. The van der Waals surface area contributed by atoms with Crippen molar-refractivity contribution in [2.45, 2.75) is 39.2 Å². The Morgan fingerprint density at radius 1 is 1.14 bits per heavy atom. The molecule has 21 heavy (non-hydrogen) atoms. The molecule has 0 aromatic heterocycles. The van der Waals surface area contributed by atoms with Gasteiger partial charge in [-0.25, -0.2) is 0 Å². The van der Waals surface area contributed by atoms with Crippen LogP contribution < -0.4 is 10.5 Å². The summed E-state index contributed by atoms with van der Waals surface area (Å²) < 4.78 is 5.28. The van der Waals surface area contributed by atoms with Gasteiger partial charge in [0.25, 0.3) is 0 Å². The van der Waals surface area contributed by atoms with Crippen LogP contribution in [0.2, 0.25) is 0 Å². The van der Waals surface area contributed by atoms with Crippen molar-refractivity contribution in [3.63, 3.8) is 0 Å². The third-order valence-electron chi connectivity index (χ3n) is 5.23. The summed E-state index contributed by atoms with van der Waals surface area (Å²) >= 11 is 0. The quantitative estimate of drug-likeness (QED) is 0.888. The molecule has 0 spiro atoms. The van der Waals surface area contributed by atoms with E-state index in [9.17, 15) is 0 Å². The Morgan fingerprint density at radius 2 is 1.86 bits per heavy atom. The number of nitrogens with two attached hydrogens (primary N) is 1. The standard InChI is InChI=1S/C19H25NO/c1-19(2)10-4-5-17(19)18(20)15-7-6-14-12-16(21-3)9-8-13(14)11-15/h6-9,11-12,17-18H,4-5,10,20H2,1-3H3. The lowest BCUT2D eigenvalue weighted by Gasteiger charge is -2.32. The van der Waals surface area contributed by atoms with Gasteiger partial charge < -0.3 is 10.5 Å². The molecule has 2 unspecified atom stereocenters. The second kappa shape index (κ2) is 5.34. The maximum atomic E-state index is 6.60. The van der Waals surface area contributed by atoms with Gasteiger partial charge in [-0.15, -0.1) is 0 Å². The highest BCUT2D eigenvalue weighted by molar-refractivity contribution is 5.84. The average Bonchev–Trinajstić information content (AvgIpc) is 2.84. The zero-order valence-corrected chi connectivity index (χ0v) is 13.2. The van der Waals surface area contributed by atoms with Crippen LogP contribution in [0.25, 0.3) is 10.8 Å². The molecule has 0 radical (unpaired) electrons. The summed E-state index contributed by atoms with van der Waals surface area (Å²) in [6, 6.07) is 12.9. The monoisotopic (exact) mass is 283 g/mol. The lowest BCUT2D eigenvalue weighted by molar-refractivity contribution is 0.222. The summed E-state index contributed by atoms with van der Waals surface area (Å²) in [6.45, 7) is 4.72. The van der Waals surface area contributed by atoms with Crippen molar-refractivity contribution in [3.05, 3.63) is 42.0 Å². The molecule has 1 aliphatic carbocycles. The van der Waals surface area contributed by atoms with Crippen molar-refractivity contribution in [1.82, 2.24) is 0 Å². The van der Waals surface area contributed by atoms with Gasteiger partial charge in [0.05, 0.1) is 7.11 Å². The number of rotatable bonds is 3. The van der Waals surface area contributed by atoms with E-state index in [0.29, 0.717) is 11.3 Å². The molecule has 0 heterocycles. The Kier molecular flexibility index (Phi) is 3.66. The van der Waals surface area contributed by atoms with Crippen LogP contribution in [0.3, 0.4) is 0 Å². The molecule has 0 bridgehead atoms. The fourth-order valence-electron chi connectivity index (χ4n) is 3.83. The largest absolute Gasteiger partial charge is 0.497 e. The SMILES string of the molecule is COc1ccc2cc(C(N)C3CCCC3(C)C)ccc2c1. The predicted octanol–water partition coefficient (Wildman–Crippen LogP) is 4.67. The fourth-order valence-corrected chi connectivity index (χ4v) is 3.83. The summed E-state index contributed by atoms with van der Waals surface area (Å²) in [6.07, 6.45) is 3.83. The molecule has 1 fully saturated rings. The third kappa shape index (κ3) is 2.65. The second-order valence-corrected chi connectivity index (χ2v) is 6.99. The molecule has 112 valence electrons. The molecule has 0 aliphatic heterocycles. The van der Waals surface area contributed by atoms with Crippen LogP contribution in [0.15, 0.2) is 36.4 Å². The summed E-state index contributed by atoms with van der Waals surface area (Å²) in [4.78, 5) is 0. The Labute approximate surface area is 127 Å². The van der Waals surface area contributed by atoms with E-state index in [1.807, 2.05) is 6.07 Å². The van der Waals surface area contributed by atoms with E-state index in [1.165, 1.54) is 35.6 Å². The van der Waals surface area contributed by atoms with E-state index < -0.39 is 0 Å². The van der Waals surface area contributed by atoms with Gasteiger partial charge in [0.2, 0.25) is 0 Å². The van der Waals surface area contributed by atoms with Gasteiger partial charge >= 0.3 is 0 Å². The number of hydrogen-bond donors (Lipinski definition) is 1. The highest BCUT2D eigenvalue weighted by Gasteiger charge is 2.38. The molecule has 2 aromatic carbocycles. The van der Waals surface area contributed by atoms with Crippen molar-refractivity contribution in [3.8, 4) is 5.75 Å². The van der Waals surface area contributed by atoms with E-state index in [0.717, 1.165) is 5.75 Å². The Hall–Kier alpha value is -1.54. The van der Waals surface area contributed by atoms with Crippen LogP contribution in [0.1, 0.15) is 44.7 Å². The van der Waals surface area contributed by atoms with Crippen molar-refractivity contribution < 1.29 is 4.74 Å². The normalized spacial score (nSPS) is 22.4. The summed E-state index contributed by atoms with van der Waals surface area (Å²) in [5, 5.41) is 2.44. The third-order valence-corrected chi connectivity index (χ3v) is 5.23. The van der Waals surface area contributed by atoms with Gasteiger partial charge in [-0.1, -0.05) is 38.5 Å². The van der Waals surface area contributed by atoms with Gasteiger partial charge in [-0.2, -0.15) is 0 Å². The molecule has 0 amide bonds. The Bertz CT molecular complexity index is 647. The van der Waals surface area contributed by atoms with E-state index in [1.54, 1.807) is 7.11 Å². The van der Waals surface area contributed by atoms with Crippen molar-refractivity contribution >= 4 is 10.8 Å². The first-order valence-electron chi connectivity index (χ1n) is 7.84. The van der Waals surface area contributed by atoms with E-state index in [4.69, 9.17) is 10.5 Å². The first-order valence-corrected chi connectivity index (χ1v) is 7.84. The fraction of sp³-hybridized carbons (Fsp3) is 0.474. The minimum atomic E-state index is 0.133. The molecule has 2 heteroatoms. The topological polar surface area (TPSA) is 35.2 Å². The van der Waals surface area contributed by atoms with Crippen LogP contribution in [-0.4, -0.2) is 7.11 Å².